The van der Waals surface area contributed by atoms with Crippen LogP contribution in [0.15, 0.2) is 65.7 Å². The van der Waals surface area contributed by atoms with E-state index >= 15 is 0 Å². The van der Waals surface area contributed by atoms with Crippen molar-refractivity contribution in [2.24, 2.45) is 0 Å². The molecule has 0 unspecified atom stereocenters. The number of sulfone groups is 1. The highest BCUT2D eigenvalue weighted by Crippen LogP contribution is 2.19. The summed E-state index contributed by atoms with van der Waals surface area (Å²) in [6.45, 7) is 0.571. The zero-order valence-electron chi connectivity index (χ0n) is 15.1. The second-order valence-corrected chi connectivity index (χ2v) is 7.92. The first-order valence-electron chi connectivity index (χ1n) is 8.18. The molecule has 28 heavy (non-hydrogen) atoms. The summed E-state index contributed by atoms with van der Waals surface area (Å²) in [6, 6.07) is 16.2. The maximum atomic E-state index is 11.5. The van der Waals surface area contributed by atoms with Crippen molar-refractivity contribution >= 4 is 57.5 Å². The Hall–Kier alpha value is -2.53. The van der Waals surface area contributed by atoms with Crippen molar-refractivity contribution < 1.29 is 9.84 Å². The van der Waals surface area contributed by atoms with Crippen LogP contribution in [0.5, 0.6) is 0 Å². The van der Waals surface area contributed by atoms with Crippen LogP contribution in [-0.4, -0.2) is 30.9 Å². The number of hydrogen-bond donors (Lipinski definition) is 3. The lowest BCUT2D eigenvalue weighted by Crippen LogP contribution is -2.07. The molecule has 0 amide bonds. The monoisotopic (exact) mass is 511 g/mol. The molecule has 7 nitrogen and oxygen atoms in total. The second kappa shape index (κ2) is 9.60. The Morgan fingerprint density at radius 3 is 2.39 bits per heavy atom. The third kappa shape index (κ3) is 5.73. The van der Waals surface area contributed by atoms with Crippen LogP contribution in [0.25, 0.3) is 0 Å². The fourth-order valence-corrected chi connectivity index (χ4v) is 3.03. The van der Waals surface area contributed by atoms with Gasteiger partial charge in [0, 0.05) is 32.3 Å². The third-order valence-electron chi connectivity index (χ3n) is 3.81. The Kier molecular flexibility index (Phi) is 7.46. The zero-order valence-corrected chi connectivity index (χ0v) is 18.2. The first-order valence-corrected chi connectivity index (χ1v) is 10.1. The van der Waals surface area contributed by atoms with Crippen molar-refractivity contribution in [1.82, 2.24) is 9.97 Å². The van der Waals surface area contributed by atoms with Gasteiger partial charge in [0.15, 0.2) is 9.84 Å². The van der Waals surface area contributed by atoms with Gasteiger partial charge in [-0.2, -0.15) is 4.98 Å². The number of nitrogens with zero attached hydrogens (tertiary/aromatic N) is 2. The van der Waals surface area contributed by atoms with Crippen molar-refractivity contribution in [3.63, 3.8) is 0 Å². The molecule has 0 fully saturated rings. The zero-order chi connectivity index (χ0) is 19.3. The highest BCUT2D eigenvalue weighted by Gasteiger charge is 2.08. The van der Waals surface area contributed by atoms with Crippen molar-refractivity contribution in [3.05, 3.63) is 71.9 Å². The SMILES string of the molecule is CS(=O)(=O)c1ccc(Nc2ncc(C=N)c(NCc3ccccc3)n2)cc1.I.[HH]. The molecule has 0 aliphatic heterocycles. The summed E-state index contributed by atoms with van der Waals surface area (Å²) in [4.78, 5) is 8.87. The van der Waals surface area contributed by atoms with E-state index in [1.807, 2.05) is 30.3 Å². The Morgan fingerprint density at radius 2 is 1.79 bits per heavy atom. The van der Waals surface area contributed by atoms with E-state index in [9.17, 15) is 8.42 Å². The van der Waals surface area contributed by atoms with Gasteiger partial charge < -0.3 is 16.0 Å². The van der Waals surface area contributed by atoms with Crippen LogP contribution in [0.2, 0.25) is 0 Å². The molecule has 3 N–H and O–H groups in total. The van der Waals surface area contributed by atoms with Gasteiger partial charge >= 0.3 is 0 Å². The summed E-state index contributed by atoms with van der Waals surface area (Å²) < 4.78 is 23.1. The molecule has 3 rings (SSSR count). The lowest BCUT2D eigenvalue weighted by Gasteiger charge is -2.11. The van der Waals surface area contributed by atoms with E-state index in [1.165, 1.54) is 24.6 Å². The fraction of sp³-hybridized carbons (Fsp3) is 0.105. The van der Waals surface area contributed by atoms with Gasteiger partial charge in [-0.15, -0.1) is 24.0 Å². The highest BCUT2D eigenvalue weighted by molar-refractivity contribution is 14.0. The fourth-order valence-electron chi connectivity index (χ4n) is 2.39. The van der Waals surface area contributed by atoms with E-state index in [0.29, 0.717) is 29.6 Å². The molecule has 1 aromatic heterocycles. The van der Waals surface area contributed by atoms with Gasteiger partial charge in [0.2, 0.25) is 5.95 Å². The minimum Gasteiger partial charge on any atom is -0.365 e. The summed E-state index contributed by atoms with van der Waals surface area (Å²) in [6.07, 6.45) is 3.91. The molecule has 2 aromatic carbocycles. The van der Waals surface area contributed by atoms with Crippen molar-refractivity contribution in [2.45, 2.75) is 11.4 Å². The number of anilines is 3. The Bertz CT molecular complexity index is 1050. The smallest absolute Gasteiger partial charge is 0.229 e. The molecule has 0 saturated carbocycles. The predicted molar refractivity (Wildman–Crippen MR) is 124 cm³/mol. The highest BCUT2D eigenvalue weighted by atomic mass is 127. The number of halogens is 1. The van der Waals surface area contributed by atoms with Crippen molar-refractivity contribution in [2.75, 3.05) is 16.9 Å². The first-order chi connectivity index (χ1) is 13.0. The van der Waals surface area contributed by atoms with E-state index < -0.39 is 9.84 Å². The summed E-state index contributed by atoms with van der Waals surface area (Å²) in [5.74, 6) is 0.891. The molecule has 0 radical (unpaired) electrons. The van der Waals surface area contributed by atoms with Gasteiger partial charge in [-0.3, -0.25) is 0 Å². The average Bonchev–Trinajstić information content (AvgIpc) is 2.67. The number of aromatic nitrogens is 2. The summed E-state index contributed by atoms with van der Waals surface area (Å²) in [5.41, 5.74) is 2.33. The van der Waals surface area contributed by atoms with Crippen molar-refractivity contribution in [1.29, 1.82) is 5.41 Å². The van der Waals surface area contributed by atoms with Gasteiger partial charge in [0.05, 0.1) is 10.5 Å². The molecule has 0 aliphatic carbocycles. The van der Waals surface area contributed by atoms with Gasteiger partial charge in [0.1, 0.15) is 5.82 Å². The lowest BCUT2D eigenvalue weighted by atomic mass is 10.2. The van der Waals surface area contributed by atoms with Crippen LogP contribution in [0.3, 0.4) is 0 Å². The number of benzene rings is 2. The number of hydrogen-bond acceptors (Lipinski definition) is 7. The van der Waals surface area contributed by atoms with Crippen LogP contribution in [0, 0.1) is 5.41 Å². The van der Waals surface area contributed by atoms with Crippen LogP contribution in [0.4, 0.5) is 17.5 Å². The molecule has 9 heteroatoms. The molecule has 0 saturated heterocycles. The maximum Gasteiger partial charge on any atom is 0.229 e. The van der Waals surface area contributed by atoms with Gasteiger partial charge in [-0.1, -0.05) is 30.3 Å². The molecular formula is C19H22IN5O2S. The van der Waals surface area contributed by atoms with E-state index in [-0.39, 0.29) is 30.3 Å². The van der Waals surface area contributed by atoms with Crippen LogP contribution >= 0.6 is 24.0 Å². The maximum absolute atomic E-state index is 11.5. The van der Waals surface area contributed by atoms with E-state index in [4.69, 9.17) is 5.41 Å². The third-order valence-corrected chi connectivity index (χ3v) is 4.94. The first kappa shape index (κ1) is 21.8. The molecular weight excluding hydrogens is 489 g/mol. The Morgan fingerprint density at radius 1 is 1.11 bits per heavy atom. The van der Waals surface area contributed by atoms with Crippen molar-refractivity contribution in [3.8, 4) is 0 Å². The molecule has 0 aliphatic rings. The molecule has 0 atom stereocenters. The molecule has 0 bridgehead atoms. The second-order valence-electron chi connectivity index (χ2n) is 5.90. The predicted octanol–water partition coefficient (Wildman–Crippen LogP) is 4.10. The lowest BCUT2D eigenvalue weighted by molar-refractivity contribution is 0.602. The minimum atomic E-state index is -3.24. The number of nitrogens with one attached hydrogen (secondary N) is 3. The Labute approximate surface area is 182 Å². The standard InChI is InChI=1S/C19H19N5O2S.HI.H2/c1-27(25,26)17-9-7-16(8-10-17)23-19-22-13-15(11-20)18(24-19)21-12-14-5-3-2-4-6-14;;/h2-11,13,20H,12H2,1H3,(H2,21,22,23,24);2*1H. The van der Waals surface area contributed by atoms with E-state index in [0.717, 1.165) is 5.56 Å². The van der Waals surface area contributed by atoms with Crippen LogP contribution < -0.4 is 10.6 Å². The molecule has 148 valence electrons. The average molecular weight is 511 g/mol. The topological polar surface area (TPSA) is 108 Å². The quantitative estimate of drug-likeness (QED) is 0.326. The normalized spacial score (nSPS) is 10.6. The summed E-state index contributed by atoms with van der Waals surface area (Å²) >= 11 is 0. The summed E-state index contributed by atoms with van der Waals surface area (Å²) in [7, 11) is -3.24. The van der Waals surface area contributed by atoms with Crippen LogP contribution in [-0.2, 0) is 16.4 Å². The largest absolute Gasteiger partial charge is 0.365 e. The van der Waals surface area contributed by atoms with Gasteiger partial charge in [0.25, 0.3) is 0 Å². The molecule has 0 spiro atoms. The minimum absolute atomic E-state index is 0. The van der Waals surface area contributed by atoms with Crippen LogP contribution in [0.1, 0.15) is 12.6 Å². The summed E-state index contributed by atoms with van der Waals surface area (Å²) in [5, 5.41) is 13.8. The molecule has 3 aromatic rings. The Balaban J connectivity index is 0.00000210. The van der Waals surface area contributed by atoms with Gasteiger partial charge in [-0.05, 0) is 29.8 Å². The van der Waals surface area contributed by atoms with E-state index in [1.54, 1.807) is 18.3 Å². The molecule has 1 heterocycles. The van der Waals surface area contributed by atoms with Gasteiger partial charge in [-0.25, -0.2) is 13.4 Å². The van der Waals surface area contributed by atoms with E-state index in [2.05, 4.69) is 20.6 Å². The number of rotatable bonds is 7.